The molecule has 29 heavy (non-hydrogen) atoms. The molecule has 0 aromatic heterocycles. The Morgan fingerprint density at radius 1 is 0.862 bits per heavy atom. The molecule has 2 atom stereocenters. The normalized spacial score (nSPS) is 15.1. The summed E-state index contributed by atoms with van der Waals surface area (Å²) in [6.45, 7) is 3.16. The molecule has 162 valence electrons. The van der Waals surface area contributed by atoms with E-state index in [4.69, 9.17) is 37.8 Å². The Bertz CT molecular complexity index is 786. The smallest absolute Gasteiger partial charge is 0.124 e. The topological polar surface area (TPSA) is 58.9 Å². The molecule has 0 amide bonds. The van der Waals surface area contributed by atoms with Gasteiger partial charge < -0.3 is 19.7 Å². The molecular weight excluding hydrogens is 425 g/mol. The van der Waals surface area contributed by atoms with E-state index in [2.05, 4.69) is 0 Å². The van der Waals surface area contributed by atoms with Crippen LogP contribution in [0.2, 0.25) is 10.0 Å². The van der Waals surface area contributed by atoms with Crippen molar-refractivity contribution in [1.29, 1.82) is 0 Å². The lowest BCUT2D eigenvalue weighted by molar-refractivity contribution is -0.0598. The Labute approximate surface area is 180 Å². The maximum atomic E-state index is 12.9. The summed E-state index contributed by atoms with van der Waals surface area (Å²) in [5, 5.41) is 19.0. The van der Waals surface area contributed by atoms with E-state index in [-0.39, 0.29) is 23.3 Å². The molecule has 8 heteroatoms. The van der Waals surface area contributed by atoms with E-state index in [1.54, 1.807) is 13.0 Å². The van der Waals surface area contributed by atoms with E-state index in [9.17, 15) is 13.9 Å². The number of aliphatic hydroxyl groups excluding tert-OH is 2. The van der Waals surface area contributed by atoms with Crippen LogP contribution < -0.4 is 0 Å². The number of halogens is 4. The minimum Gasteiger partial charge on any atom is -0.393 e. The molecule has 2 rings (SSSR count). The lowest BCUT2D eigenvalue weighted by Crippen LogP contribution is -2.32. The minimum atomic E-state index is -0.884. The molecule has 0 fully saturated rings. The number of hydrogen-bond donors (Lipinski definition) is 2. The van der Waals surface area contributed by atoms with E-state index in [0.717, 1.165) is 0 Å². The Hall–Kier alpha value is -1.28. The van der Waals surface area contributed by atoms with Crippen LogP contribution in [-0.4, -0.2) is 37.6 Å². The molecule has 0 saturated heterocycles. The summed E-state index contributed by atoms with van der Waals surface area (Å²) in [6.07, 6.45) is 0.561. The van der Waals surface area contributed by atoms with Crippen LogP contribution in [0.5, 0.6) is 0 Å². The van der Waals surface area contributed by atoms with Gasteiger partial charge in [0.25, 0.3) is 0 Å². The molecule has 0 bridgehead atoms. The number of hydrogen-bond acceptors (Lipinski definition) is 4. The van der Waals surface area contributed by atoms with Crippen LogP contribution >= 0.6 is 23.2 Å². The monoisotopic (exact) mass is 450 g/mol. The summed E-state index contributed by atoms with van der Waals surface area (Å²) >= 11 is 11.8. The fourth-order valence-corrected chi connectivity index (χ4v) is 3.45. The summed E-state index contributed by atoms with van der Waals surface area (Å²) in [4.78, 5) is 0. The molecule has 2 aromatic rings. The van der Waals surface area contributed by atoms with E-state index in [1.165, 1.54) is 44.6 Å². The third-order valence-electron chi connectivity index (χ3n) is 4.89. The first-order valence-electron chi connectivity index (χ1n) is 8.86. The molecule has 0 saturated carbocycles. The number of aliphatic hydroxyl groups is 2. The van der Waals surface area contributed by atoms with Crippen LogP contribution in [-0.2, 0) is 20.7 Å². The van der Waals surface area contributed by atoms with Gasteiger partial charge in [0.05, 0.1) is 13.2 Å². The van der Waals surface area contributed by atoms with Crippen molar-refractivity contribution in [2.75, 3.05) is 27.4 Å². The van der Waals surface area contributed by atoms with E-state index in [1.807, 2.05) is 6.92 Å². The molecule has 2 aromatic carbocycles. The number of methoxy groups -OCH3 is 2. The van der Waals surface area contributed by atoms with Gasteiger partial charge in [0.2, 0.25) is 0 Å². The Morgan fingerprint density at radius 3 is 1.66 bits per heavy atom. The van der Waals surface area contributed by atoms with Crippen molar-refractivity contribution in [3.05, 3.63) is 69.2 Å². The number of benzene rings is 2. The highest BCUT2D eigenvalue weighted by molar-refractivity contribution is 6.31. The average Bonchev–Trinajstić information content (AvgIpc) is 2.71. The maximum absolute atomic E-state index is 12.9. The molecular formula is C21H26Cl2F2O4. The SMILES string of the molecule is CCC(CO)(OC)c1ccc(F)cc1Cl.COC(C)(CO)c1ccc(F)cc1Cl. The predicted octanol–water partition coefficient (Wildman–Crippen LogP) is 5.06. The first-order chi connectivity index (χ1) is 13.6. The highest BCUT2D eigenvalue weighted by Gasteiger charge is 2.31. The number of ether oxygens (including phenoxy) is 2. The quantitative estimate of drug-likeness (QED) is 0.618. The largest absolute Gasteiger partial charge is 0.393 e. The first-order valence-corrected chi connectivity index (χ1v) is 9.61. The Kier molecular flexibility index (Phi) is 9.95. The molecule has 0 heterocycles. The Balaban J connectivity index is 0.000000291. The van der Waals surface area contributed by atoms with Crippen LogP contribution in [0.1, 0.15) is 31.4 Å². The lowest BCUT2D eigenvalue weighted by Gasteiger charge is -2.30. The fourth-order valence-electron chi connectivity index (χ4n) is 2.74. The van der Waals surface area contributed by atoms with Crippen LogP contribution in [0.3, 0.4) is 0 Å². The summed E-state index contributed by atoms with van der Waals surface area (Å²) in [5.41, 5.74) is -0.543. The van der Waals surface area contributed by atoms with Crippen LogP contribution in [0, 0.1) is 11.6 Å². The van der Waals surface area contributed by atoms with Crippen molar-refractivity contribution in [1.82, 2.24) is 0 Å². The fraction of sp³-hybridized carbons (Fsp3) is 0.429. The second-order valence-corrected chi connectivity index (χ2v) is 7.37. The Morgan fingerprint density at radius 2 is 1.34 bits per heavy atom. The molecule has 0 aliphatic carbocycles. The zero-order valence-electron chi connectivity index (χ0n) is 16.8. The van der Waals surface area contributed by atoms with Gasteiger partial charge >= 0.3 is 0 Å². The zero-order valence-corrected chi connectivity index (χ0v) is 18.3. The van der Waals surface area contributed by atoms with Gasteiger partial charge in [-0.25, -0.2) is 8.78 Å². The van der Waals surface area contributed by atoms with Crippen molar-refractivity contribution in [3.63, 3.8) is 0 Å². The summed E-state index contributed by atoms with van der Waals surface area (Å²) in [5.74, 6) is -0.807. The third kappa shape index (κ3) is 6.10. The van der Waals surface area contributed by atoms with Crippen molar-refractivity contribution in [2.24, 2.45) is 0 Å². The third-order valence-corrected chi connectivity index (χ3v) is 5.52. The molecule has 0 aliphatic heterocycles. The molecule has 4 nitrogen and oxygen atoms in total. The molecule has 0 radical (unpaired) electrons. The summed E-state index contributed by atoms with van der Waals surface area (Å²) < 4.78 is 36.0. The van der Waals surface area contributed by atoms with Gasteiger partial charge in [-0.15, -0.1) is 0 Å². The van der Waals surface area contributed by atoms with E-state index >= 15 is 0 Å². The van der Waals surface area contributed by atoms with Gasteiger partial charge in [-0.05, 0) is 37.6 Å². The summed E-state index contributed by atoms with van der Waals surface area (Å²) in [7, 11) is 2.97. The minimum absolute atomic E-state index is 0.189. The zero-order chi connectivity index (χ0) is 22.2. The lowest BCUT2D eigenvalue weighted by atomic mass is 9.91. The average molecular weight is 451 g/mol. The molecule has 0 spiro atoms. The maximum Gasteiger partial charge on any atom is 0.124 e. The highest BCUT2D eigenvalue weighted by atomic mass is 35.5. The van der Waals surface area contributed by atoms with Crippen molar-refractivity contribution < 1.29 is 28.5 Å². The standard InChI is InChI=1S/C11H14ClFO2.C10H12ClFO2/c1-3-11(7-14,15-2)9-5-4-8(13)6-10(9)12;1-10(6-13,14-2)8-4-3-7(12)5-9(8)11/h4-6,14H,3,7H2,1-2H3;3-5,13H,6H2,1-2H3. The van der Waals surface area contributed by atoms with Crippen molar-refractivity contribution >= 4 is 23.2 Å². The van der Waals surface area contributed by atoms with E-state index < -0.39 is 22.8 Å². The van der Waals surface area contributed by atoms with Crippen molar-refractivity contribution in [3.8, 4) is 0 Å². The van der Waals surface area contributed by atoms with Gasteiger partial charge in [-0.2, -0.15) is 0 Å². The second kappa shape index (κ2) is 11.2. The number of rotatable bonds is 7. The molecule has 0 aliphatic rings. The summed E-state index contributed by atoms with van der Waals surface area (Å²) in [6, 6.07) is 8.06. The van der Waals surface area contributed by atoms with Gasteiger partial charge in [0.15, 0.2) is 0 Å². The van der Waals surface area contributed by atoms with Gasteiger partial charge in [-0.3, -0.25) is 0 Å². The second-order valence-electron chi connectivity index (χ2n) is 6.55. The van der Waals surface area contributed by atoms with Crippen LogP contribution in [0.4, 0.5) is 8.78 Å². The van der Waals surface area contributed by atoms with Crippen molar-refractivity contribution in [2.45, 2.75) is 31.5 Å². The van der Waals surface area contributed by atoms with E-state index in [0.29, 0.717) is 17.5 Å². The van der Waals surface area contributed by atoms with Gasteiger partial charge in [-0.1, -0.05) is 42.3 Å². The highest BCUT2D eigenvalue weighted by Crippen LogP contribution is 2.34. The van der Waals surface area contributed by atoms with Crippen LogP contribution in [0.15, 0.2) is 36.4 Å². The van der Waals surface area contributed by atoms with Gasteiger partial charge in [0, 0.05) is 35.4 Å². The first kappa shape index (κ1) is 25.8. The molecule has 2 N–H and O–H groups in total. The predicted molar refractivity (Wildman–Crippen MR) is 110 cm³/mol. The van der Waals surface area contributed by atoms with Crippen LogP contribution in [0.25, 0.3) is 0 Å². The van der Waals surface area contributed by atoms with Gasteiger partial charge in [0.1, 0.15) is 22.8 Å². The molecule has 2 unspecified atom stereocenters.